The number of nitrogens with one attached hydrogen (secondary N) is 2. The fourth-order valence-corrected chi connectivity index (χ4v) is 1.21. The zero-order chi connectivity index (χ0) is 6.10. The molecule has 3 nitrogen and oxygen atoms in total. The van der Waals surface area contributed by atoms with E-state index in [0.29, 0.717) is 0 Å². The summed E-state index contributed by atoms with van der Waals surface area (Å²) < 4.78 is 0. The first kappa shape index (κ1) is 5.14. The molecule has 1 atom stereocenters. The van der Waals surface area contributed by atoms with Crippen LogP contribution in [-0.2, 0) is 0 Å². The van der Waals surface area contributed by atoms with Gasteiger partial charge in [0.05, 0.1) is 19.3 Å². The summed E-state index contributed by atoms with van der Waals surface area (Å²) in [6.45, 7) is 3.27. The second-order valence-corrected chi connectivity index (χ2v) is 2.38. The fraction of sp³-hybridized carbons (Fsp3) is 0.500. The van der Waals surface area contributed by atoms with Gasteiger partial charge in [-0.3, -0.25) is 4.90 Å². The number of fused-ring (bicyclic) bond motifs is 1. The minimum Gasteiger partial charge on any atom is -0.303 e. The minimum atomic E-state index is 1.01. The molecule has 0 aromatic carbocycles. The molecule has 1 unspecified atom stereocenters. The van der Waals surface area contributed by atoms with Crippen molar-refractivity contribution in [2.75, 3.05) is 19.6 Å². The van der Waals surface area contributed by atoms with Gasteiger partial charge in [-0.15, -0.1) is 0 Å². The van der Waals surface area contributed by atoms with Crippen LogP contribution in [0.1, 0.15) is 0 Å². The van der Waals surface area contributed by atoms with E-state index in [1.807, 2.05) is 12.5 Å². The summed E-state index contributed by atoms with van der Waals surface area (Å²) in [6, 6.07) is 0. The Morgan fingerprint density at radius 2 is 2.67 bits per heavy atom. The Bertz CT molecular complexity index is 171. The third-order valence-electron chi connectivity index (χ3n) is 1.76. The summed E-state index contributed by atoms with van der Waals surface area (Å²) >= 11 is 0. The van der Waals surface area contributed by atoms with Crippen LogP contribution >= 0.6 is 0 Å². The summed E-state index contributed by atoms with van der Waals surface area (Å²) in [6.07, 6.45) is 3.91. The van der Waals surface area contributed by atoms with Gasteiger partial charge in [-0.25, -0.2) is 4.99 Å². The molecule has 0 aromatic heterocycles. The molecule has 2 N–H and O–H groups in total. The van der Waals surface area contributed by atoms with Crippen LogP contribution in [0.25, 0.3) is 0 Å². The molecular weight excluding hydrogens is 114 g/mol. The summed E-state index contributed by atoms with van der Waals surface area (Å²) in [5.74, 6) is 0. The molecular formula is C6H10N3+. The van der Waals surface area contributed by atoms with Gasteiger partial charge in [-0.05, 0) is 0 Å². The Labute approximate surface area is 54.1 Å². The van der Waals surface area contributed by atoms with Crippen molar-refractivity contribution in [1.29, 1.82) is 0 Å². The van der Waals surface area contributed by atoms with Crippen LogP contribution in [0.15, 0.2) is 16.9 Å². The highest BCUT2D eigenvalue weighted by atomic mass is 15.2. The van der Waals surface area contributed by atoms with Gasteiger partial charge in [0, 0.05) is 6.54 Å². The minimum absolute atomic E-state index is 1.01. The standard InChI is InChI=1S/C6H9N3/c1-2-9-5-8-4-6(9)3-7-1/h4-5,7H,1-3H2/p+1. The molecule has 2 heterocycles. The summed E-state index contributed by atoms with van der Waals surface area (Å²) in [7, 11) is 0. The first-order valence-corrected chi connectivity index (χ1v) is 3.26. The molecule has 0 radical (unpaired) electrons. The lowest BCUT2D eigenvalue weighted by Crippen LogP contribution is -3.11. The van der Waals surface area contributed by atoms with E-state index in [1.54, 1.807) is 0 Å². The first-order chi connectivity index (χ1) is 4.47. The van der Waals surface area contributed by atoms with Gasteiger partial charge in [0.1, 0.15) is 5.70 Å². The van der Waals surface area contributed by atoms with E-state index in [4.69, 9.17) is 0 Å². The fourth-order valence-electron chi connectivity index (χ4n) is 1.21. The zero-order valence-corrected chi connectivity index (χ0v) is 5.22. The number of hydrogen-bond donors (Lipinski definition) is 2. The number of aliphatic imine (C=N–C) groups is 1. The third kappa shape index (κ3) is 0.781. The number of nitrogens with zero attached hydrogens (tertiary/aromatic N) is 1. The van der Waals surface area contributed by atoms with Crippen molar-refractivity contribution in [3.8, 4) is 0 Å². The van der Waals surface area contributed by atoms with E-state index >= 15 is 0 Å². The normalized spacial score (nSPS) is 32.0. The van der Waals surface area contributed by atoms with Gasteiger partial charge in [0.25, 0.3) is 0 Å². The van der Waals surface area contributed by atoms with Crippen molar-refractivity contribution < 1.29 is 4.90 Å². The highest BCUT2D eigenvalue weighted by Crippen LogP contribution is 1.88. The van der Waals surface area contributed by atoms with Gasteiger partial charge < -0.3 is 5.32 Å². The largest absolute Gasteiger partial charge is 0.303 e. The zero-order valence-electron chi connectivity index (χ0n) is 5.22. The molecule has 0 spiro atoms. The lowest BCUT2D eigenvalue weighted by atomic mass is 10.3. The molecule has 3 heteroatoms. The molecule has 1 saturated heterocycles. The molecule has 2 aliphatic rings. The van der Waals surface area contributed by atoms with Crippen molar-refractivity contribution in [3.63, 3.8) is 0 Å². The van der Waals surface area contributed by atoms with Gasteiger partial charge >= 0.3 is 0 Å². The Hall–Kier alpha value is -0.670. The smallest absolute Gasteiger partial charge is 0.193 e. The van der Waals surface area contributed by atoms with Crippen LogP contribution in [0.4, 0.5) is 0 Å². The number of rotatable bonds is 0. The van der Waals surface area contributed by atoms with Crippen molar-refractivity contribution in [3.05, 3.63) is 11.9 Å². The predicted molar refractivity (Wildman–Crippen MR) is 35.3 cm³/mol. The van der Waals surface area contributed by atoms with E-state index < -0.39 is 0 Å². The summed E-state index contributed by atoms with van der Waals surface area (Å²) in [5.41, 5.74) is 1.38. The van der Waals surface area contributed by atoms with Crippen LogP contribution in [0.2, 0.25) is 0 Å². The van der Waals surface area contributed by atoms with Crippen molar-refractivity contribution in [2.24, 2.45) is 4.99 Å². The molecule has 2 aliphatic heterocycles. The summed E-state index contributed by atoms with van der Waals surface area (Å²) in [4.78, 5) is 5.49. The van der Waals surface area contributed by atoms with Crippen LogP contribution in [0.3, 0.4) is 0 Å². The molecule has 0 aromatic rings. The number of hydrogen-bond acceptors (Lipinski definition) is 2. The SMILES string of the molecule is C1=NC=C2CNCC[NH+]12. The monoisotopic (exact) mass is 124 g/mol. The lowest BCUT2D eigenvalue weighted by Gasteiger charge is -2.18. The second kappa shape index (κ2) is 1.93. The van der Waals surface area contributed by atoms with Crippen LogP contribution in [0.5, 0.6) is 0 Å². The molecule has 0 amide bonds. The molecule has 48 valence electrons. The highest BCUT2D eigenvalue weighted by Gasteiger charge is 2.20. The third-order valence-corrected chi connectivity index (χ3v) is 1.76. The molecule has 2 rings (SSSR count). The van der Waals surface area contributed by atoms with Gasteiger partial charge in [-0.1, -0.05) is 0 Å². The molecule has 0 saturated carbocycles. The topological polar surface area (TPSA) is 28.8 Å². The predicted octanol–water partition coefficient (Wildman–Crippen LogP) is -1.64. The average Bonchev–Trinajstić information content (AvgIpc) is 2.33. The van der Waals surface area contributed by atoms with Crippen LogP contribution in [-0.4, -0.2) is 26.0 Å². The maximum Gasteiger partial charge on any atom is 0.193 e. The van der Waals surface area contributed by atoms with Gasteiger partial charge in [0.2, 0.25) is 0 Å². The second-order valence-electron chi connectivity index (χ2n) is 2.38. The van der Waals surface area contributed by atoms with Crippen molar-refractivity contribution >= 4 is 6.34 Å². The van der Waals surface area contributed by atoms with Crippen LogP contribution < -0.4 is 10.2 Å². The van der Waals surface area contributed by atoms with Crippen LogP contribution in [0, 0.1) is 0 Å². The first-order valence-electron chi connectivity index (χ1n) is 3.26. The maximum absolute atomic E-state index is 4.06. The van der Waals surface area contributed by atoms with E-state index in [1.165, 1.54) is 10.6 Å². The van der Waals surface area contributed by atoms with Crippen molar-refractivity contribution in [1.82, 2.24) is 5.32 Å². The maximum atomic E-state index is 4.06. The quantitative estimate of drug-likeness (QED) is 0.398. The van der Waals surface area contributed by atoms with Crippen molar-refractivity contribution in [2.45, 2.75) is 0 Å². The Balaban J connectivity index is 2.16. The van der Waals surface area contributed by atoms with E-state index in [0.717, 1.165) is 19.6 Å². The number of piperazine rings is 1. The lowest BCUT2D eigenvalue weighted by molar-refractivity contribution is -0.755. The Morgan fingerprint density at radius 3 is 3.56 bits per heavy atom. The van der Waals surface area contributed by atoms with Gasteiger partial charge in [0.15, 0.2) is 6.34 Å². The molecule has 0 bridgehead atoms. The van der Waals surface area contributed by atoms with E-state index in [2.05, 4.69) is 10.3 Å². The van der Waals surface area contributed by atoms with Gasteiger partial charge in [-0.2, -0.15) is 0 Å². The highest BCUT2D eigenvalue weighted by molar-refractivity contribution is 5.49. The van der Waals surface area contributed by atoms with E-state index in [-0.39, 0.29) is 0 Å². The Morgan fingerprint density at radius 1 is 1.67 bits per heavy atom. The molecule has 9 heavy (non-hydrogen) atoms. The molecule has 1 fully saturated rings. The average molecular weight is 124 g/mol. The van der Waals surface area contributed by atoms with E-state index in [9.17, 15) is 0 Å². The molecule has 0 aliphatic carbocycles. The number of quaternary nitrogens is 1. The Kier molecular flexibility index (Phi) is 1.10. The summed E-state index contributed by atoms with van der Waals surface area (Å²) in [5, 5.41) is 3.29.